The first-order valence-electron chi connectivity index (χ1n) is 12.6. The largest absolute Gasteiger partial charge is 0.490 e. The normalized spacial score (nSPS) is 14.9. The summed E-state index contributed by atoms with van der Waals surface area (Å²) < 4.78 is 63.7. The van der Waals surface area contributed by atoms with E-state index >= 15 is 0 Å². The second-order valence-electron chi connectivity index (χ2n) is 9.59. The molecule has 2 heterocycles. The first kappa shape index (κ1) is 27.2. The van der Waals surface area contributed by atoms with E-state index in [2.05, 4.69) is 25.3 Å². The van der Waals surface area contributed by atoms with E-state index < -0.39 is 23.5 Å². The van der Waals surface area contributed by atoms with Crippen LogP contribution in [0.2, 0.25) is 0 Å². The third-order valence-corrected chi connectivity index (χ3v) is 6.73. The Kier molecular flexibility index (Phi) is 7.26. The zero-order valence-corrected chi connectivity index (χ0v) is 21.6. The first-order valence-corrected chi connectivity index (χ1v) is 12.6. The van der Waals surface area contributed by atoms with Gasteiger partial charge in [-0.05, 0) is 62.1 Å². The van der Waals surface area contributed by atoms with Crippen LogP contribution in [0.3, 0.4) is 0 Å². The SMILES string of the molecule is CCOC(=O)C1(COc2cc(-c3ccc(F)cc3)cc3c(NC(C)c4cnc(C(F)(F)F)nc4)ncnc23)CC1. The summed E-state index contributed by atoms with van der Waals surface area (Å²) in [5.41, 5.74) is 1.56. The van der Waals surface area contributed by atoms with Gasteiger partial charge in [0.2, 0.25) is 5.82 Å². The number of hydrogen-bond donors (Lipinski definition) is 1. The highest BCUT2D eigenvalue weighted by Gasteiger charge is 2.52. The van der Waals surface area contributed by atoms with E-state index in [4.69, 9.17) is 9.47 Å². The Balaban J connectivity index is 1.50. The second-order valence-corrected chi connectivity index (χ2v) is 9.59. The molecule has 0 amide bonds. The molecule has 0 radical (unpaired) electrons. The average Bonchev–Trinajstić information content (AvgIpc) is 3.73. The number of esters is 1. The number of carbonyl (C=O) groups excluding carboxylic acids is 1. The van der Waals surface area contributed by atoms with E-state index in [0.29, 0.717) is 52.0 Å². The summed E-state index contributed by atoms with van der Waals surface area (Å²) in [5.74, 6) is -1.14. The third kappa shape index (κ3) is 5.65. The number of fused-ring (bicyclic) bond motifs is 1. The number of anilines is 1. The number of hydrogen-bond acceptors (Lipinski definition) is 8. The Bertz CT molecular complexity index is 1520. The minimum atomic E-state index is -4.64. The molecule has 1 N–H and O–H groups in total. The van der Waals surface area contributed by atoms with Crippen LogP contribution in [0, 0.1) is 11.2 Å². The van der Waals surface area contributed by atoms with E-state index in [9.17, 15) is 22.4 Å². The summed E-state index contributed by atoms with van der Waals surface area (Å²) in [6.07, 6.45) is 0.215. The number of benzene rings is 2. The highest BCUT2D eigenvalue weighted by Crippen LogP contribution is 2.47. The van der Waals surface area contributed by atoms with Crippen LogP contribution in [0.5, 0.6) is 5.75 Å². The molecule has 1 fully saturated rings. The van der Waals surface area contributed by atoms with Crippen LogP contribution in [0.1, 0.15) is 44.1 Å². The van der Waals surface area contributed by atoms with Crippen molar-refractivity contribution < 1.29 is 31.8 Å². The molecular formula is C28H25F4N5O3. The van der Waals surface area contributed by atoms with Crippen molar-refractivity contribution in [3.63, 3.8) is 0 Å². The highest BCUT2D eigenvalue weighted by atomic mass is 19.4. The maximum Gasteiger partial charge on any atom is 0.451 e. The Labute approximate surface area is 226 Å². The summed E-state index contributed by atoms with van der Waals surface area (Å²) in [6, 6.07) is 8.99. The molecule has 5 rings (SSSR count). The molecule has 8 nitrogen and oxygen atoms in total. The fraction of sp³-hybridized carbons (Fsp3) is 0.321. The quantitative estimate of drug-likeness (QED) is 0.194. The van der Waals surface area contributed by atoms with Gasteiger partial charge in [-0.2, -0.15) is 13.2 Å². The van der Waals surface area contributed by atoms with Crippen LogP contribution in [0.25, 0.3) is 22.0 Å². The maximum absolute atomic E-state index is 13.6. The molecule has 0 bridgehead atoms. The van der Waals surface area contributed by atoms with Crippen molar-refractivity contribution in [1.82, 2.24) is 19.9 Å². The molecule has 1 aliphatic rings. The lowest BCUT2D eigenvalue weighted by Gasteiger charge is -2.19. The second kappa shape index (κ2) is 10.7. The first-order chi connectivity index (χ1) is 19.1. The van der Waals surface area contributed by atoms with Crippen LogP contribution < -0.4 is 10.1 Å². The van der Waals surface area contributed by atoms with Crippen LogP contribution >= 0.6 is 0 Å². The van der Waals surface area contributed by atoms with Gasteiger partial charge in [0.25, 0.3) is 0 Å². The van der Waals surface area contributed by atoms with Gasteiger partial charge in [-0.15, -0.1) is 0 Å². The van der Waals surface area contributed by atoms with E-state index in [1.807, 2.05) is 6.07 Å². The molecule has 4 aromatic rings. The van der Waals surface area contributed by atoms with E-state index in [0.717, 1.165) is 12.4 Å². The number of alkyl halides is 3. The number of rotatable bonds is 9. The molecule has 1 saturated carbocycles. The standard InChI is InChI=1S/C28H25F4N5O3/c1-3-39-26(38)27(8-9-27)14-40-22-11-18(17-4-6-20(29)7-5-17)10-21-23(22)35-15-36-24(21)37-16(2)19-12-33-25(34-13-19)28(30,31)32/h4-7,10-13,15-16H,3,8-9,14H2,1-2H3,(H,35,36,37). The van der Waals surface area contributed by atoms with Crippen molar-refractivity contribution in [2.45, 2.75) is 38.9 Å². The number of ether oxygens (including phenoxy) is 2. The van der Waals surface area contributed by atoms with Gasteiger partial charge >= 0.3 is 12.1 Å². The summed E-state index contributed by atoms with van der Waals surface area (Å²) in [5, 5.41) is 3.75. The van der Waals surface area contributed by atoms with Crippen LogP contribution in [-0.4, -0.2) is 39.1 Å². The van der Waals surface area contributed by atoms with Gasteiger partial charge in [0.05, 0.1) is 12.6 Å². The Morgan fingerprint density at radius 3 is 2.38 bits per heavy atom. The van der Waals surface area contributed by atoms with Crippen molar-refractivity contribution in [3.05, 3.63) is 72.3 Å². The molecule has 1 aliphatic carbocycles. The zero-order chi connectivity index (χ0) is 28.5. The van der Waals surface area contributed by atoms with Gasteiger partial charge in [-0.3, -0.25) is 4.79 Å². The fourth-order valence-corrected chi connectivity index (χ4v) is 4.22. The third-order valence-electron chi connectivity index (χ3n) is 6.73. The Hall–Kier alpha value is -4.35. The molecule has 2 aromatic carbocycles. The minimum Gasteiger partial charge on any atom is -0.490 e. The van der Waals surface area contributed by atoms with Gasteiger partial charge in [-0.1, -0.05) is 12.1 Å². The van der Waals surface area contributed by atoms with Crippen molar-refractivity contribution in [1.29, 1.82) is 0 Å². The lowest BCUT2D eigenvalue weighted by atomic mass is 10.0. The van der Waals surface area contributed by atoms with Crippen molar-refractivity contribution in [2.24, 2.45) is 5.41 Å². The Morgan fingerprint density at radius 2 is 1.75 bits per heavy atom. The minimum absolute atomic E-state index is 0.0971. The molecule has 0 saturated heterocycles. The molecule has 208 valence electrons. The van der Waals surface area contributed by atoms with Gasteiger partial charge in [0.1, 0.15) is 41.3 Å². The summed E-state index contributed by atoms with van der Waals surface area (Å²) in [4.78, 5) is 28.1. The lowest BCUT2D eigenvalue weighted by molar-refractivity contribution is -0.151. The Morgan fingerprint density at radius 1 is 1.05 bits per heavy atom. The molecule has 2 aromatic heterocycles. The topological polar surface area (TPSA) is 99.1 Å². The van der Waals surface area contributed by atoms with Gasteiger partial charge in [0.15, 0.2) is 0 Å². The molecule has 40 heavy (non-hydrogen) atoms. The predicted molar refractivity (Wildman–Crippen MR) is 138 cm³/mol. The van der Waals surface area contributed by atoms with E-state index in [1.54, 1.807) is 32.0 Å². The van der Waals surface area contributed by atoms with Gasteiger partial charge in [0, 0.05) is 23.3 Å². The summed E-state index contributed by atoms with van der Waals surface area (Å²) in [7, 11) is 0. The number of carbonyl (C=O) groups is 1. The molecule has 0 spiro atoms. The molecule has 1 unspecified atom stereocenters. The number of aromatic nitrogens is 4. The van der Waals surface area contributed by atoms with Crippen molar-refractivity contribution in [2.75, 3.05) is 18.5 Å². The number of nitrogens with one attached hydrogen (secondary N) is 1. The van der Waals surface area contributed by atoms with E-state index in [-0.39, 0.29) is 25.0 Å². The monoisotopic (exact) mass is 555 g/mol. The van der Waals surface area contributed by atoms with Crippen LogP contribution in [-0.2, 0) is 15.7 Å². The van der Waals surface area contributed by atoms with Crippen molar-refractivity contribution in [3.8, 4) is 16.9 Å². The molecule has 1 atom stereocenters. The summed E-state index contributed by atoms with van der Waals surface area (Å²) >= 11 is 0. The smallest absolute Gasteiger partial charge is 0.451 e. The highest BCUT2D eigenvalue weighted by molar-refractivity contribution is 5.96. The fourth-order valence-electron chi connectivity index (χ4n) is 4.22. The lowest BCUT2D eigenvalue weighted by Crippen LogP contribution is -2.25. The zero-order valence-electron chi connectivity index (χ0n) is 21.6. The molecule has 12 heteroatoms. The van der Waals surface area contributed by atoms with Crippen molar-refractivity contribution >= 4 is 22.7 Å². The van der Waals surface area contributed by atoms with Gasteiger partial charge in [-0.25, -0.2) is 24.3 Å². The van der Waals surface area contributed by atoms with Crippen LogP contribution in [0.4, 0.5) is 23.4 Å². The molecular weight excluding hydrogens is 530 g/mol. The van der Waals surface area contributed by atoms with Gasteiger partial charge < -0.3 is 14.8 Å². The maximum atomic E-state index is 13.6. The van der Waals surface area contributed by atoms with E-state index in [1.165, 1.54) is 18.5 Å². The average molecular weight is 556 g/mol. The predicted octanol–water partition coefficient (Wildman–Crippen LogP) is 6.14. The van der Waals surface area contributed by atoms with Crippen LogP contribution in [0.15, 0.2) is 55.1 Å². The number of halogens is 4. The molecule has 0 aliphatic heterocycles. The summed E-state index contributed by atoms with van der Waals surface area (Å²) in [6.45, 7) is 3.85. The number of nitrogens with zero attached hydrogens (tertiary/aromatic N) is 4.